The van der Waals surface area contributed by atoms with Gasteiger partial charge in [-0.2, -0.15) is 0 Å². The van der Waals surface area contributed by atoms with Crippen molar-refractivity contribution in [2.24, 2.45) is 11.8 Å². The maximum Gasteiger partial charge on any atom is 0.00954 e. The van der Waals surface area contributed by atoms with E-state index in [1.54, 1.807) is 0 Å². The summed E-state index contributed by atoms with van der Waals surface area (Å²) < 4.78 is 0. The van der Waals surface area contributed by atoms with Gasteiger partial charge in [0.15, 0.2) is 0 Å². The molecule has 0 aromatic carbocycles. The molecule has 2 unspecified atom stereocenters. The van der Waals surface area contributed by atoms with Crippen LogP contribution in [0.25, 0.3) is 0 Å². The normalized spacial score (nSPS) is 30.6. The fourth-order valence-electron chi connectivity index (χ4n) is 3.39. The van der Waals surface area contributed by atoms with E-state index in [0.29, 0.717) is 0 Å². The Morgan fingerprint density at radius 3 is 2.60 bits per heavy atom. The van der Waals surface area contributed by atoms with Crippen LogP contribution in [0.4, 0.5) is 0 Å². The second-order valence-corrected chi connectivity index (χ2v) is 5.39. The summed E-state index contributed by atoms with van der Waals surface area (Å²) in [4.78, 5) is 0. The molecular weight excluding hydrogens is 184 g/mol. The first kappa shape index (κ1) is 11.4. The molecule has 0 spiro atoms. The van der Waals surface area contributed by atoms with E-state index in [4.69, 9.17) is 0 Å². The molecule has 1 saturated heterocycles. The molecule has 2 rings (SSSR count). The molecule has 0 aromatic heterocycles. The Balaban J connectivity index is 1.78. The van der Waals surface area contributed by atoms with Crippen LogP contribution in [0.5, 0.6) is 0 Å². The Hall–Kier alpha value is -0.0800. The van der Waals surface area contributed by atoms with Gasteiger partial charge in [-0.3, -0.25) is 0 Å². The number of hydrogen-bond donors (Lipinski definition) is 2. The molecule has 15 heavy (non-hydrogen) atoms. The molecule has 1 aliphatic carbocycles. The van der Waals surface area contributed by atoms with Gasteiger partial charge < -0.3 is 10.6 Å². The second-order valence-electron chi connectivity index (χ2n) is 5.39. The average Bonchev–Trinajstić information content (AvgIpc) is 2.81. The van der Waals surface area contributed by atoms with Crippen LogP contribution < -0.4 is 10.6 Å². The summed E-state index contributed by atoms with van der Waals surface area (Å²) in [7, 11) is 2.15. The van der Waals surface area contributed by atoms with Crippen molar-refractivity contribution in [2.75, 3.05) is 20.1 Å². The van der Waals surface area contributed by atoms with Crippen LogP contribution in [-0.2, 0) is 0 Å². The highest BCUT2D eigenvalue weighted by molar-refractivity contribution is 4.83. The van der Waals surface area contributed by atoms with Gasteiger partial charge in [-0.05, 0) is 64.1 Å². The third-order valence-corrected chi connectivity index (χ3v) is 4.33. The summed E-state index contributed by atoms with van der Waals surface area (Å²) in [5.41, 5.74) is 0. The Morgan fingerprint density at radius 1 is 1.20 bits per heavy atom. The topological polar surface area (TPSA) is 24.1 Å². The Kier molecular flexibility index (Phi) is 4.45. The van der Waals surface area contributed by atoms with E-state index in [-0.39, 0.29) is 0 Å². The number of rotatable bonds is 4. The largest absolute Gasteiger partial charge is 0.317 e. The molecule has 0 bridgehead atoms. The van der Waals surface area contributed by atoms with Crippen molar-refractivity contribution in [2.45, 2.75) is 51.0 Å². The van der Waals surface area contributed by atoms with Crippen molar-refractivity contribution >= 4 is 0 Å². The summed E-state index contributed by atoms with van der Waals surface area (Å²) in [5.74, 6) is 1.90. The predicted molar refractivity (Wildman–Crippen MR) is 65.0 cm³/mol. The summed E-state index contributed by atoms with van der Waals surface area (Å²) in [6.07, 6.45) is 10.1. The van der Waals surface area contributed by atoms with Gasteiger partial charge in [0.05, 0.1) is 0 Å². The van der Waals surface area contributed by atoms with Gasteiger partial charge in [0.1, 0.15) is 0 Å². The van der Waals surface area contributed by atoms with Crippen molar-refractivity contribution in [3.63, 3.8) is 0 Å². The second kappa shape index (κ2) is 5.86. The van der Waals surface area contributed by atoms with Gasteiger partial charge in [-0.25, -0.2) is 0 Å². The summed E-state index contributed by atoms with van der Waals surface area (Å²) in [6, 6.07) is 0.789. The Morgan fingerprint density at radius 2 is 2.00 bits per heavy atom. The van der Waals surface area contributed by atoms with E-state index >= 15 is 0 Å². The minimum Gasteiger partial charge on any atom is -0.317 e. The van der Waals surface area contributed by atoms with Crippen LogP contribution in [-0.4, -0.2) is 26.2 Å². The molecular formula is C13H26N2. The molecule has 0 aromatic rings. The number of nitrogens with one attached hydrogen (secondary N) is 2. The first-order valence-corrected chi connectivity index (χ1v) is 6.78. The average molecular weight is 210 g/mol. The lowest BCUT2D eigenvalue weighted by Crippen LogP contribution is -2.38. The van der Waals surface area contributed by atoms with Gasteiger partial charge in [-0.15, -0.1) is 0 Å². The third kappa shape index (κ3) is 3.18. The lowest BCUT2D eigenvalue weighted by Gasteiger charge is -2.30. The first-order valence-electron chi connectivity index (χ1n) is 6.78. The quantitative estimate of drug-likeness (QED) is 0.743. The van der Waals surface area contributed by atoms with Gasteiger partial charge in [0.25, 0.3) is 0 Å². The van der Waals surface area contributed by atoms with E-state index in [1.807, 2.05) is 0 Å². The zero-order chi connectivity index (χ0) is 10.5. The third-order valence-electron chi connectivity index (χ3n) is 4.33. The molecule has 2 heteroatoms. The molecule has 2 atom stereocenters. The van der Waals surface area contributed by atoms with E-state index in [9.17, 15) is 0 Å². The zero-order valence-electron chi connectivity index (χ0n) is 10.1. The molecule has 0 amide bonds. The Labute approximate surface area is 94.2 Å². The molecule has 2 N–H and O–H groups in total. The van der Waals surface area contributed by atoms with Crippen LogP contribution in [0.3, 0.4) is 0 Å². The van der Waals surface area contributed by atoms with E-state index < -0.39 is 0 Å². The minimum atomic E-state index is 0.789. The molecule has 2 aliphatic rings. The van der Waals surface area contributed by atoms with E-state index in [1.165, 1.54) is 58.0 Å². The van der Waals surface area contributed by atoms with Crippen LogP contribution >= 0.6 is 0 Å². The standard InChI is InChI=1S/C13H26N2/c1-14-13(12-6-2-3-7-12)9-11-5-4-8-15-10-11/h11-15H,2-10H2,1H3. The molecule has 1 aliphatic heterocycles. The maximum absolute atomic E-state index is 3.56. The van der Waals surface area contributed by atoms with Gasteiger partial charge in [0, 0.05) is 6.04 Å². The first-order chi connectivity index (χ1) is 7.40. The van der Waals surface area contributed by atoms with Crippen molar-refractivity contribution in [1.82, 2.24) is 10.6 Å². The number of piperidine rings is 1. The summed E-state index contributed by atoms with van der Waals surface area (Å²) in [6.45, 7) is 2.50. The zero-order valence-corrected chi connectivity index (χ0v) is 10.1. The van der Waals surface area contributed by atoms with Crippen molar-refractivity contribution in [3.05, 3.63) is 0 Å². The monoisotopic (exact) mass is 210 g/mol. The SMILES string of the molecule is CNC(CC1CCCNC1)C1CCCC1. The van der Waals surface area contributed by atoms with Crippen molar-refractivity contribution < 1.29 is 0 Å². The Bertz CT molecular complexity index is 169. The smallest absolute Gasteiger partial charge is 0.00954 e. The fraction of sp³-hybridized carbons (Fsp3) is 1.00. The number of hydrogen-bond acceptors (Lipinski definition) is 2. The lowest BCUT2D eigenvalue weighted by atomic mass is 9.86. The van der Waals surface area contributed by atoms with Crippen LogP contribution in [0.2, 0.25) is 0 Å². The van der Waals surface area contributed by atoms with Crippen LogP contribution in [0.1, 0.15) is 44.9 Å². The van der Waals surface area contributed by atoms with Gasteiger partial charge in [0.2, 0.25) is 0 Å². The van der Waals surface area contributed by atoms with Crippen molar-refractivity contribution in [1.29, 1.82) is 0 Å². The minimum absolute atomic E-state index is 0.789. The van der Waals surface area contributed by atoms with Crippen LogP contribution in [0, 0.1) is 11.8 Å². The van der Waals surface area contributed by atoms with Crippen molar-refractivity contribution in [3.8, 4) is 0 Å². The maximum atomic E-state index is 3.56. The summed E-state index contributed by atoms with van der Waals surface area (Å²) >= 11 is 0. The van der Waals surface area contributed by atoms with Gasteiger partial charge >= 0.3 is 0 Å². The molecule has 2 nitrogen and oxygen atoms in total. The highest BCUT2D eigenvalue weighted by Gasteiger charge is 2.26. The highest BCUT2D eigenvalue weighted by atomic mass is 14.9. The molecule has 2 fully saturated rings. The van der Waals surface area contributed by atoms with E-state index in [2.05, 4.69) is 17.7 Å². The molecule has 88 valence electrons. The lowest BCUT2D eigenvalue weighted by molar-refractivity contribution is 0.270. The van der Waals surface area contributed by atoms with Gasteiger partial charge in [-0.1, -0.05) is 12.8 Å². The molecule has 1 heterocycles. The van der Waals surface area contributed by atoms with E-state index in [0.717, 1.165) is 17.9 Å². The molecule has 0 radical (unpaired) electrons. The molecule has 1 saturated carbocycles. The highest BCUT2D eigenvalue weighted by Crippen LogP contribution is 2.31. The summed E-state index contributed by atoms with van der Waals surface area (Å²) in [5, 5.41) is 7.09. The predicted octanol–water partition coefficient (Wildman–Crippen LogP) is 2.15. The van der Waals surface area contributed by atoms with Crippen LogP contribution in [0.15, 0.2) is 0 Å². The fourth-order valence-corrected chi connectivity index (χ4v) is 3.39.